The van der Waals surface area contributed by atoms with Gasteiger partial charge in [-0.05, 0) is 117 Å². The van der Waals surface area contributed by atoms with Crippen molar-refractivity contribution in [1.82, 2.24) is 4.57 Å². The Bertz CT molecular complexity index is 3920. The fourth-order valence-electron chi connectivity index (χ4n) is 10.2. The summed E-state index contributed by atoms with van der Waals surface area (Å²) < 4.78 is 9.09. The van der Waals surface area contributed by atoms with Gasteiger partial charge in [-0.3, -0.25) is 0 Å². The summed E-state index contributed by atoms with van der Waals surface area (Å²) in [4.78, 5) is 2.40. The van der Waals surface area contributed by atoms with Gasteiger partial charge in [-0.1, -0.05) is 182 Å². The number of anilines is 3. The molecule has 0 saturated heterocycles. The standard InChI is InChI=1S/C64H42N2O/c1-2-15-43(16-3-1)47-18-12-19-48(41-47)44-31-36-50(37-32-44)65(59-27-9-8-25-56(59)57-26-14-30-62-63(57)58-40-35-46-17-4-5-22-53(46)64(58)67-62)51-38-33-45(34-39-51)49-20-13-21-52(42-49)66-60-28-10-6-23-54(60)55-24-7-11-29-61(55)66/h1-42H. The molecule has 67 heavy (non-hydrogen) atoms. The summed E-state index contributed by atoms with van der Waals surface area (Å²) >= 11 is 0. The predicted octanol–water partition coefficient (Wildman–Crippen LogP) is 18.0. The van der Waals surface area contributed by atoms with Crippen LogP contribution in [0, 0.1) is 0 Å². The van der Waals surface area contributed by atoms with Crippen LogP contribution in [0.4, 0.5) is 17.1 Å². The van der Waals surface area contributed by atoms with E-state index in [0.717, 1.165) is 77.9 Å². The van der Waals surface area contributed by atoms with Crippen LogP contribution < -0.4 is 4.90 Å². The van der Waals surface area contributed by atoms with Crippen LogP contribution in [0.1, 0.15) is 0 Å². The van der Waals surface area contributed by atoms with Crippen LogP contribution in [0.3, 0.4) is 0 Å². The summed E-state index contributed by atoms with van der Waals surface area (Å²) in [5.74, 6) is 0. The van der Waals surface area contributed by atoms with Gasteiger partial charge in [0.1, 0.15) is 11.2 Å². The SMILES string of the molecule is c1ccc(-c2cccc(-c3ccc(N(c4ccc(-c5cccc(-n6c7ccccc7c7ccccc76)c5)cc4)c4ccccc4-c4cccc5oc6c7ccccc7ccc6c45)cc3)c2)cc1. The molecule has 0 aliphatic carbocycles. The van der Waals surface area contributed by atoms with Gasteiger partial charge in [0.25, 0.3) is 0 Å². The molecule has 0 aliphatic rings. The Morgan fingerprint density at radius 1 is 0.328 bits per heavy atom. The molecule has 0 amide bonds. The van der Waals surface area contributed by atoms with Crippen molar-refractivity contribution < 1.29 is 4.42 Å². The van der Waals surface area contributed by atoms with Crippen molar-refractivity contribution in [2.45, 2.75) is 0 Å². The van der Waals surface area contributed by atoms with Crippen molar-refractivity contribution in [2.24, 2.45) is 0 Å². The summed E-state index contributed by atoms with van der Waals surface area (Å²) in [6.07, 6.45) is 0. The highest BCUT2D eigenvalue weighted by Crippen LogP contribution is 2.46. The van der Waals surface area contributed by atoms with E-state index in [1.54, 1.807) is 0 Å². The molecule has 3 nitrogen and oxygen atoms in total. The Hall–Kier alpha value is -8.92. The molecular formula is C64H42N2O. The van der Waals surface area contributed by atoms with E-state index < -0.39 is 0 Å². The topological polar surface area (TPSA) is 21.3 Å². The molecule has 3 heteroatoms. The van der Waals surface area contributed by atoms with Crippen LogP contribution in [0.15, 0.2) is 259 Å². The lowest BCUT2D eigenvalue weighted by atomic mass is 9.95. The summed E-state index contributed by atoms with van der Waals surface area (Å²) in [6.45, 7) is 0. The van der Waals surface area contributed by atoms with Crippen LogP contribution in [0.5, 0.6) is 0 Å². The average molecular weight is 855 g/mol. The number of benzene rings is 11. The third kappa shape index (κ3) is 6.59. The van der Waals surface area contributed by atoms with Gasteiger partial charge in [0.2, 0.25) is 0 Å². The minimum Gasteiger partial charge on any atom is -0.455 e. The van der Waals surface area contributed by atoms with E-state index in [1.807, 2.05) is 0 Å². The number of furan rings is 1. The first-order valence-corrected chi connectivity index (χ1v) is 22.9. The summed E-state index contributed by atoms with van der Waals surface area (Å²) in [7, 11) is 0. The third-order valence-corrected chi connectivity index (χ3v) is 13.4. The number of hydrogen-bond acceptors (Lipinski definition) is 2. The van der Waals surface area contributed by atoms with Crippen molar-refractivity contribution >= 4 is 71.6 Å². The lowest BCUT2D eigenvalue weighted by Gasteiger charge is -2.28. The first-order chi connectivity index (χ1) is 33.2. The van der Waals surface area contributed by atoms with E-state index >= 15 is 0 Å². The number of hydrogen-bond donors (Lipinski definition) is 0. The second-order valence-electron chi connectivity index (χ2n) is 17.3. The second kappa shape index (κ2) is 16.0. The number of fused-ring (bicyclic) bond motifs is 8. The fraction of sp³-hybridized carbons (Fsp3) is 0. The summed E-state index contributed by atoms with van der Waals surface area (Å²) in [5, 5.41) is 7.02. The maximum atomic E-state index is 6.70. The van der Waals surface area contributed by atoms with Crippen LogP contribution in [-0.4, -0.2) is 4.57 Å². The molecule has 0 fully saturated rings. The first kappa shape index (κ1) is 38.5. The van der Waals surface area contributed by atoms with E-state index in [1.165, 1.54) is 43.9 Å². The Labute approximate surface area is 388 Å². The Balaban J connectivity index is 0.940. The minimum atomic E-state index is 0.875. The van der Waals surface area contributed by atoms with Crippen LogP contribution >= 0.6 is 0 Å². The molecule has 11 aromatic carbocycles. The van der Waals surface area contributed by atoms with Crippen LogP contribution in [0.2, 0.25) is 0 Å². The zero-order chi connectivity index (χ0) is 44.3. The van der Waals surface area contributed by atoms with E-state index in [-0.39, 0.29) is 0 Å². The molecule has 0 atom stereocenters. The number of aromatic nitrogens is 1. The molecule has 13 aromatic rings. The fourth-order valence-corrected chi connectivity index (χ4v) is 10.2. The lowest BCUT2D eigenvalue weighted by Crippen LogP contribution is -2.11. The molecule has 0 bridgehead atoms. The molecule has 0 unspecified atom stereocenters. The highest BCUT2D eigenvalue weighted by Gasteiger charge is 2.22. The molecule has 13 rings (SSSR count). The highest BCUT2D eigenvalue weighted by atomic mass is 16.3. The molecule has 0 N–H and O–H groups in total. The van der Waals surface area contributed by atoms with Crippen molar-refractivity contribution in [2.75, 3.05) is 4.90 Å². The van der Waals surface area contributed by atoms with Gasteiger partial charge < -0.3 is 13.9 Å². The predicted molar refractivity (Wildman–Crippen MR) is 282 cm³/mol. The summed E-state index contributed by atoms with van der Waals surface area (Å²) in [5.41, 5.74) is 17.8. The summed E-state index contributed by atoms with van der Waals surface area (Å²) in [6, 6.07) is 91.8. The zero-order valence-electron chi connectivity index (χ0n) is 36.6. The molecule has 0 aliphatic heterocycles. The van der Waals surface area contributed by atoms with Gasteiger partial charge in [0.05, 0.1) is 16.7 Å². The highest BCUT2D eigenvalue weighted by molar-refractivity contribution is 6.20. The van der Waals surface area contributed by atoms with E-state index in [2.05, 4.69) is 264 Å². The Kier molecular flexibility index (Phi) is 9.17. The van der Waals surface area contributed by atoms with Crippen molar-refractivity contribution in [3.05, 3.63) is 255 Å². The number of para-hydroxylation sites is 3. The van der Waals surface area contributed by atoms with Crippen molar-refractivity contribution in [3.63, 3.8) is 0 Å². The van der Waals surface area contributed by atoms with Gasteiger partial charge in [-0.25, -0.2) is 0 Å². The molecule has 2 heterocycles. The monoisotopic (exact) mass is 854 g/mol. The van der Waals surface area contributed by atoms with Gasteiger partial charge in [0, 0.05) is 49.6 Å². The quantitative estimate of drug-likeness (QED) is 0.152. The molecule has 0 radical (unpaired) electrons. The lowest BCUT2D eigenvalue weighted by molar-refractivity contribution is 0.673. The molecule has 0 saturated carbocycles. The van der Waals surface area contributed by atoms with Gasteiger partial charge in [-0.15, -0.1) is 0 Å². The zero-order valence-corrected chi connectivity index (χ0v) is 36.6. The largest absolute Gasteiger partial charge is 0.455 e. The average Bonchev–Trinajstić information content (AvgIpc) is 3.96. The van der Waals surface area contributed by atoms with Crippen molar-refractivity contribution in [3.8, 4) is 50.2 Å². The molecular weight excluding hydrogens is 813 g/mol. The Morgan fingerprint density at radius 2 is 0.851 bits per heavy atom. The van der Waals surface area contributed by atoms with Crippen LogP contribution in [0.25, 0.3) is 105 Å². The van der Waals surface area contributed by atoms with E-state index in [0.29, 0.717) is 0 Å². The third-order valence-electron chi connectivity index (χ3n) is 13.4. The number of rotatable bonds is 8. The van der Waals surface area contributed by atoms with Gasteiger partial charge in [0.15, 0.2) is 0 Å². The normalized spacial score (nSPS) is 11.6. The molecule has 2 aromatic heterocycles. The minimum absolute atomic E-state index is 0.875. The molecule has 314 valence electrons. The van der Waals surface area contributed by atoms with Gasteiger partial charge >= 0.3 is 0 Å². The first-order valence-electron chi connectivity index (χ1n) is 22.9. The second-order valence-corrected chi connectivity index (χ2v) is 17.3. The smallest absolute Gasteiger partial charge is 0.143 e. The van der Waals surface area contributed by atoms with Crippen LogP contribution in [-0.2, 0) is 0 Å². The molecule has 0 spiro atoms. The van der Waals surface area contributed by atoms with E-state index in [4.69, 9.17) is 4.42 Å². The number of nitrogens with zero attached hydrogens (tertiary/aromatic N) is 2. The van der Waals surface area contributed by atoms with Gasteiger partial charge in [-0.2, -0.15) is 0 Å². The Morgan fingerprint density at radius 3 is 1.55 bits per heavy atom. The van der Waals surface area contributed by atoms with Crippen molar-refractivity contribution in [1.29, 1.82) is 0 Å². The maximum absolute atomic E-state index is 6.70. The van der Waals surface area contributed by atoms with E-state index in [9.17, 15) is 0 Å². The maximum Gasteiger partial charge on any atom is 0.143 e.